The Hall–Kier alpha value is -3.02. The number of rotatable bonds is 6. The molecule has 0 saturated heterocycles. The number of hydrogen-bond acceptors (Lipinski definition) is 4. The smallest absolute Gasteiger partial charge is 0.231 e. The van der Waals surface area contributed by atoms with Crippen LogP contribution in [0.2, 0.25) is 0 Å². The van der Waals surface area contributed by atoms with Crippen LogP contribution < -0.4 is 19.7 Å². The van der Waals surface area contributed by atoms with Crippen LogP contribution in [0.1, 0.15) is 19.3 Å². The molecule has 130 valence electrons. The van der Waals surface area contributed by atoms with Gasteiger partial charge in [0.15, 0.2) is 11.5 Å². The second-order valence-electron chi connectivity index (χ2n) is 5.76. The van der Waals surface area contributed by atoms with Crippen molar-refractivity contribution in [2.45, 2.75) is 19.3 Å². The van der Waals surface area contributed by atoms with Gasteiger partial charge in [0, 0.05) is 37.3 Å². The first-order chi connectivity index (χ1) is 12.1. The third-order valence-corrected chi connectivity index (χ3v) is 3.97. The Morgan fingerprint density at radius 2 is 1.80 bits per heavy atom. The Morgan fingerprint density at radius 1 is 1.04 bits per heavy atom. The third-order valence-electron chi connectivity index (χ3n) is 3.97. The monoisotopic (exact) mass is 340 g/mol. The molecule has 2 aromatic rings. The molecule has 25 heavy (non-hydrogen) atoms. The van der Waals surface area contributed by atoms with E-state index in [1.807, 2.05) is 30.3 Å². The minimum Gasteiger partial charge on any atom is -0.454 e. The van der Waals surface area contributed by atoms with Gasteiger partial charge in [0.05, 0.1) is 0 Å². The zero-order valence-electron chi connectivity index (χ0n) is 14.0. The highest BCUT2D eigenvalue weighted by molar-refractivity contribution is 5.94. The Bertz CT molecular complexity index is 761. The van der Waals surface area contributed by atoms with E-state index < -0.39 is 0 Å². The molecular formula is C19H20N2O4. The molecule has 0 fully saturated rings. The topological polar surface area (TPSA) is 67.9 Å². The highest BCUT2D eigenvalue weighted by atomic mass is 16.7. The molecular weight excluding hydrogens is 320 g/mol. The van der Waals surface area contributed by atoms with Crippen LogP contribution in [0, 0.1) is 0 Å². The molecule has 6 heteroatoms. The quantitative estimate of drug-likeness (QED) is 0.877. The summed E-state index contributed by atoms with van der Waals surface area (Å²) in [7, 11) is 1.74. The fraction of sp³-hybridized carbons (Fsp3) is 0.263. The summed E-state index contributed by atoms with van der Waals surface area (Å²) in [6.45, 7) is 0.198. The molecule has 0 atom stereocenters. The summed E-state index contributed by atoms with van der Waals surface area (Å²) in [6, 6.07) is 14.7. The van der Waals surface area contributed by atoms with Gasteiger partial charge in [-0.15, -0.1) is 0 Å². The second kappa shape index (κ2) is 7.70. The van der Waals surface area contributed by atoms with Gasteiger partial charge in [-0.05, 0) is 30.7 Å². The lowest BCUT2D eigenvalue weighted by atomic mass is 10.2. The lowest BCUT2D eigenvalue weighted by Gasteiger charge is -2.17. The van der Waals surface area contributed by atoms with E-state index >= 15 is 0 Å². The Labute approximate surface area is 146 Å². The van der Waals surface area contributed by atoms with Crippen LogP contribution in [0.5, 0.6) is 11.5 Å². The van der Waals surface area contributed by atoms with Gasteiger partial charge < -0.3 is 19.7 Å². The van der Waals surface area contributed by atoms with Crippen molar-refractivity contribution in [2.75, 3.05) is 24.1 Å². The normalized spacial score (nSPS) is 11.9. The highest BCUT2D eigenvalue weighted by Crippen LogP contribution is 2.34. The number of ether oxygens (including phenoxy) is 2. The maximum Gasteiger partial charge on any atom is 0.231 e. The molecule has 0 saturated carbocycles. The molecule has 0 spiro atoms. The molecule has 0 unspecified atom stereocenters. The van der Waals surface area contributed by atoms with E-state index in [2.05, 4.69) is 5.32 Å². The molecule has 1 aliphatic rings. The van der Waals surface area contributed by atoms with Crippen molar-refractivity contribution < 1.29 is 19.1 Å². The van der Waals surface area contributed by atoms with Crippen molar-refractivity contribution in [3.8, 4) is 11.5 Å². The van der Waals surface area contributed by atoms with E-state index in [1.165, 1.54) is 0 Å². The van der Waals surface area contributed by atoms with Crippen LogP contribution in [0.3, 0.4) is 0 Å². The van der Waals surface area contributed by atoms with Crippen molar-refractivity contribution in [1.29, 1.82) is 0 Å². The van der Waals surface area contributed by atoms with E-state index in [0.29, 0.717) is 30.0 Å². The van der Waals surface area contributed by atoms with Gasteiger partial charge in [-0.1, -0.05) is 18.2 Å². The van der Waals surface area contributed by atoms with Crippen LogP contribution in [0.15, 0.2) is 48.5 Å². The molecule has 1 heterocycles. The SMILES string of the molecule is CN(C(=O)CCCC(=O)Nc1ccc2c(c1)OCO2)c1ccccc1. The summed E-state index contributed by atoms with van der Waals surface area (Å²) < 4.78 is 10.5. The summed E-state index contributed by atoms with van der Waals surface area (Å²) in [5.41, 5.74) is 1.50. The Morgan fingerprint density at radius 3 is 2.60 bits per heavy atom. The first-order valence-corrected chi connectivity index (χ1v) is 8.14. The molecule has 3 rings (SSSR count). The van der Waals surface area contributed by atoms with Gasteiger partial charge in [-0.25, -0.2) is 0 Å². The lowest BCUT2D eigenvalue weighted by molar-refractivity contribution is -0.118. The molecule has 1 N–H and O–H groups in total. The number of amides is 2. The van der Waals surface area contributed by atoms with Gasteiger partial charge in [0.1, 0.15) is 0 Å². The summed E-state index contributed by atoms with van der Waals surface area (Å²) in [5.74, 6) is 1.15. The third kappa shape index (κ3) is 4.29. The Balaban J connectivity index is 1.44. The predicted octanol–water partition coefficient (Wildman–Crippen LogP) is 3.19. The van der Waals surface area contributed by atoms with Gasteiger partial charge >= 0.3 is 0 Å². The van der Waals surface area contributed by atoms with E-state index in [0.717, 1.165) is 5.69 Å². The first-order valence-electron chi connectivity index (χ1n) is 8.14. The van der Waals surface area contributed by atoms with Crippen LogP contribution in [-0.2, 0) is 9.59 Å². The largest absolute Gasteiger partial charge is 0.454 e. The minimum atomic E-state index is -0.131. The number of nitrogens with zero attached hydrogens (tertiary/aromatic N) is 1. The fourth-order valence-electron chi connectivity index (χ4n) is 2.56. The van der Waals surface area contributed by atoms with Gasteiger partial charge in [-0.3, -0.25) is 9.59 Å². The van der Waals surface area contributed by atoms with E-state index in [1.54, 1.807) is 30.1 Å². The summed E-state index contributed by atoms with van der Waals surface area (Å²) in [6.07, 6.45) is 1.09. The zero-order chi connectivity index (χ0) is 17.6. The molecule has 0 aromatic heterocycles. The average Bonchev–Trinajstić information content (AvgIpc) is 3.09. The van der Waals surface area contributed by atoms with Crippen LogP contribution in [0.4, 0.5) is 11.4 Å². The van der Waals surface area contributed by atoms with Crippen molar-refractivity contribution >= 4 is 23.2 Å². The maximum atomic E-state index is 12.2. The van der Waals surface area contributed by atoms with Gasteiger partial charge in [-0.2, -0.15) is 0 Å². The van der Waals surface area contributed by atoms with Crippen molar-refractivity contribution in [3.63, 3.8) is 0 Å². The van der Waals surface area contributed by atoms with E-state index in [4.69, 9.17) is 9.47 Å². The fourth-order valence-corrected chi connectivity index (χ4v) is 2.56. The molecule has 0 bridgehead atoms. The number of hydrogen-bond donors (Lipinski definition) is 1. The van der Waals surface area contributed by atoms with Crippen LogP contribution >= 0.6 is 0 Å². The standard InChI is InChI=1S/C19H20N2O4/c1-21(15-6-3-2-4-7-15)19(23)9-5-8-18(22)20-14-10-11-16-17(12-14)25-13-24-16/h2-4,6-7,10-12H,5,8-9,13H2,1H3,(H,20,22). The molecule has 2 aromatic carbocycles. The number of benzene rings is 2. The number of carbonyl (C=O) groups excluding carboxylic acids is 2. The maximum absolute atomic E-state index is 12.2. The summed E-state index contributed by atoms with van der Waals surface area (Å²) >= 11 is 0. The van der Waals surface area contributed by atoms with E-state index in [-0.39, 0.29) is 25.0 Å². The molecule has 1 aliphatic heterocycles. The molecule has 2 amide bonds. The number of fused-ring (bicyclic) bond motifs is 1. The number of carbonyl (C=O) groups is 2. The predicted molar refractivity (Wildman–Crippen MR) is 94.9 cm³/mol. The molecule has 6 nitrogen and oxygen atoms in total. The van der Waals surface area contributed by atoms with Crippen LogP contribution in [-0.4, -0.2) is 25.7 Å². The summed E-state index contributed by atoms with van der Waals surface area (Å²) in [5, 5.41) is 2.81. The van der Waals surface area contributed by atoms with Gasteiger partial charge in [0.25, 0.3) is 0 Å². The minimum absolute atomic E-state index is 0.0120. The highest BCUT2D eigenvalue weighted by Gasteiger charge is 2.15. The zero-order valence-corrected chi connectivity index (χ0v) is 14.0. The average molecular weight is 340 g/mol. The van der Waals surface area contributed by atoms with Gasteiger partial charge in [0.2, 0.25) is 18.6 Å². The number of anilines is 2. The van der Waals surface area contributed by atoms with Crippen LogP contribution in [0.25, 0.3) is 0 Å². The number of para-hydroxylation sites is 1. The Kier molecular flexibility index (Phi) is 5.18. The molecule has 0 aliphatic carbocycles. The second-order valence-corrected chi connectivity index (χ2v) is 5.76. The first kappa shape index (κ1) is 16.8. The van der Waals surface area contributed by atoms with E-state index in [9.17, 15) is 9.59 Å². The number of nitrogens with one attached hydrogen (secondary N) is 1. The summed E-state index contributed by atoms with van der Waals surface area (Å²) in [4.78, 5) is 25.8. The lowest BCUT2D eigenvalue weighted by Crippen LogP contribution is -2.26. The molecule has 0 radical (unpaired) electrons. The van der Waals surface area contributed by atoms with Crippen molar-refractivity contribution in [2.24, 2.45) is 0 Å². The van der Waals surface area contributed by atoms with Crippen molar-refractivity contribution in [3.05, 3.63) is 48.5 Å². The van der Waals surface area contributed by atoms with Crippen molar-refractivity contribution in [1.82, 2.24) is 0 Å².